The molecule has 0 fully saturated rings. The summed E-state index contributed by atoms with van der Waals surface area (Å²) in [6.45, 7) is 0.736. The lowest BCUT2D eigenvalue weighted by Gasteiger charge is -2.02. The van der Waals surface area contributed by atoms with Crippen LogP contribution in [-0.2, 0) is 13.0 Å². The lowest BCUT2D eigenvalue weighted by atomic mass is 10.1. The van der Waals surface area contributed by atoms with Gasteiger partial charge in [-0.25, -0.2) is 8.97 Å². The number of fused-ring (bicyclic) bond motifs is 1. The predicted octanol–water partition coefficient (Wildman–Crippen LogP) is -0.0209. The van der Waals surface area contributed by atoms with E-state index in [9.17, 15) is 5.11 Å². The molecule has 4 aromatic rings. The summed E-state index contributed by atoms with van der Waals surface area (Å²) in [4.78, 5) is 4.55. The number of rotatable bonds is 5. The van der Waals surface area contributed by atoms with Crippen molar-refractivity contribution in [3.8, 4) is 11.5 Å². The minimum absolute atomic E-state index is 0. The predicted molar refractivity (Wildman–Crippen MR) is 98.4 cm³/mol. The molecule has 1 N–H and O–H groups in total. The molecule has 2 aromatic carbocycles. The normalized spacial score (nSPS) is 10.6. The van der Waals surface area contributed by atoms with E-state index in [4.69, 9.17) is 4.74 Å². The highest BCUT2D eigenvalue weighted by atomic mass is 79.9. The molecule has 5 nitrogen and oxygen atoms in total. The Labute approximate surface area is 168 Å². The first-order chi connectivity index (χ1) is 12.7. The van der Waals surface area contributed by atoms with Gasteiger partial charge in [0.05, 0.1) is 19.9 Å². The van der Waals surface area contributed by atoms with Gasteiger partial charge in [0.2, 0.25) is 0 Å². The maximum Gasteiger partial charge on any atom is 0.403 e. The van der Waals surface area contributed by atoms with Gasteiger partial charge < -0.3 is 26.8 Å². The van der Waals surface area contributed by atoms with Crippen LogP contribution >= 0.6 is 0 Å². The van der Waals surface area contributed by atoms with Crippen LogP contribution in [0.1, 0.15) is 16.8 Å². The quantitative estimate of drug-likeness (QED) is 0.457. The van der Waals surface area contributed by atoms with Crippen LogP contribution in [0.4, 0.5) is 0 Å². The van der Waals surface area contributed by atoms with Crippen molar-refractivity contribution in [3.63, 3.8) is 0 Å². The van der Waals surface area contributed by atoms with Crippen molar-refractivity contribution in [2.24, 2.45) is 0 Å². The van der Waals surface area contributed by atoms with E-state index in [0.717, 1.165) is 35.8 Å². The van der Waals surface area contributed by atoms with Gasteiger partial charge in [0.15, 0.2) is 0 Å². The first kappa shape index (κ1) is 18.9. The molecule has 0 atom stereocenters. The number of phenols is 1. The zero-order valence-electron chi connectivity index (χ0n) is 14.9. The highest BCUT2D eigenvalue weighted by molar-refractivity contribution is 5.32. The number of phenolic OH excluding ortho intramolecular Hbond substituents is 1. The third-order valence-electron chi connectivity index (χ3n) is 4.43. The largest absolute Gasteiger partial charge is 1.00 e. The van der Waals surface area contributed by atoms with Crippen molar-refractivity contribution in [1.29, 1.82) is 0 Å². The molecule has 0 radical (unpaired) electrons. The Morgan fingerprint density at radius 1 is 1.04 bits per heavy atom. The van der Waals surface area contributed by atoms with E-state index >= 15 is 0 Å². The molecule has 4 rings (SSSR count). The average Bonchev–Trinajstić information content (AvgIpc) is 3.02. The van der Waals surface area contributed by atoms with Gasteiger partial charge in [-0.1, -0.05) is 29.2 Å². The summed E-state index contributed by atoms with van der Waals surface area (Å²) in [5.74, 6) is 2.04. The monoisotopic (exact) mass is 425 g/mol. The van der Waals surface area contributed by atoms with Crippen LogP contribution in [0.15, 0.2) is 73.2 Å². The molecule has 0 saturated heterocycles. The molecule has 6 heteroatoms. The van der Waals surface area contributed by atoms with Crippen LogP contribution in [-0.4, -0.2) is 21.6 Å². The van der Waals surface area contributed by atoms with Crippen LogP contribution in [0.5, 0.6) is 11.5 Å². The summed E-state index contributed by atoms with van der Waals surface area (Å²) < 4.78 is 9.49. The number of benzene rings is 2. The van der Waals surface area contributed by atoms with E-state index in [2.05, 4.69) is 32.3 Å². The molecule has 27 heavy (non-hydrogen) atoms. The summed E-state index contributed by atoms with van der Waals surface area (Å²) in [6.07, 6.45) is 6.75. The zero-order valence-corrected chi connectivity index (χ0v) is 16.5. The highest BCUT2D eigenvalue weighted by Crippen LogP contribution is 2.15. The van der Waals surface area contributed by atoms with E-state index in [1.807, 2.05) is 42.7 Å². The Hall–Kier alpha value is -2.86. The van der Waals surface area contributed by atoms with Gasteiger partial charge in [-0.3, -0.25) is 0 Å². The van der Waals surface area contributed by atoms with Crippen LogP contribution in [0.25, 0.3) is 5.78 Å². The summed E-state index contributed by atoms with van der Waals surface area (Å²) in [7, 11) is 1.67. The first-order valence-electron chi connectivity index (χ1n) is 8.48. The molecule has 0 aliphatic carbocycles. The lowest BCUT2D eigenvalue weighted by molar-refractivity contribution is -0.664. The summed E-state index contributed by atoms with van der Waals surface area (Å²) in [5.41, 5.74) is 3.47. The Morgan fingerprint density at radius 3 is 2.44 bits per heavy atom. The van der Waals surface area contributed by atoms with Crippen LogP contribution in [0.3, 0.4) is 0 Å². The number of hydrogen-bond acceptors (Lipinski definition) is 3. The maximum atomic E-state index is 9.47. The molecule has 2 aromatic heterocycles. The fourth-order valence-electron chi connectivity index (χ4n) is 3.10. The second-order valence-corrected chi connectivity index (χ2v) is 6.23. The summed E-state index contributed by atoms with van der Waals surface area (Å²) in [6, 6.07) is 17.3. The first-order valence-corrected chi connectivity index (χ1v) is 8.48. The fourth-order valence-corrected chi connectivity index (χ4v) is 3.10. The number of aromatic hydroxyl groups is 1. The van der Waals surface area contributed by atoms with E-state index < -0.39 is 0 Å². The topological polar surface area (TPSA) is 50.6 Å². The smallest absolute Gasteiger partial charge is 0.403 e. The zero-order chi connectivity index (χ0) is 17.9. The van der Waals surface area contributed by atoms with Crippen LogP contribution in [0, 0.1) is 0 Å². The SMILES string of the molecule is COc1ccc(C[n+]2cc(Cc3ccc(O)cc3)n3cccnc32)cc1.[Br-]. The Bertz CT molecular complexity index is 1030. The maximum absolute atomic E-state index is 9.47. The second-order valence-electron chi connectivity index (χ2n) is 6.23. The number of hydrogen-bond donors (Lipinski definition) is 1. The van der Waals surface area contributed by atoms with Gasteiger partial charge in [0.1, 0.15) is 29.6 Å². The van der Waals surface area contributed by atoms with Gasteiger partial charge >= 0.3 is 5.78 Å². The van der Waals surface area contributed by atoms with Gasteiger partial charge in [-0.05, 0) is 35.4 Å². The molecule has 2 heterocycles. The summed E-state index contributed by atoms with van der Waals surface area (Å²) in [5, 5.41) is 9.47. The molecule has 0 saturated carbocycles. The second kappa shape index (κ2) is 8.22. The molecular weight excluding hydrogens is 406 g/mol. The Morgan fingerprint density at radius 2 is 1.74 bits per heavy atom. The molecule has 0 aliphatic heterocycles. The molecule has 0 aliphatic rings. The van der Waals surface area contributed by atoms with Gasteiger partial charge in [0, 0.05) is 12.5 Å². The van der Waals surface area contributed by atoms with Crippen LogP contribution in [0.2, 0.25) is 0 Å². The molecule has 0 amide bonds. The molecular formula is C21H20BrN3O2. The number of halogens is 1. The summed E-state index contributed by atoms with van der Waals surface area (Å²) >= 11 is 0. The molecule has 0 unspecified atom stereocenters. The van der Waals surface area contributed by atoms with Crippen molar-refractivity contribution in [1.82, 2.24) is 9.38 Å². The van der Waals surface area contributed by atoms with E-state index in [0.29, 0.717) is 0 Å². The van der Waals surface area contributed by atoms with Crippen LogP contribution < -0.4 is 26.3 Å². The van der Waals surface area contributed by atoms with Crippen molar-refractivity contribution < 1.29 is 31.4 Å². The van der Waals surface area contributed by atoms with Crippen molar-refractivity contribution >= 4 is 5.78 Å². The van der Waals surface area contributed by atoms with Crippen molar-refractivity contribution in [2.45, 2.75) is 13.0 Å². The average molecular weight is 426 g/mol. The van der Waals surface area contributed by atoms with E-state index in [1.165, 1.54) is 5.56 Å². The number of methoxy groups -OCH3 is 1. The lowest BCUT2D eigenvalue weighted by Crippen LogP contribution is -3.00. The van der Waals surface area contributed by atoms with E-state index in [-0.39, 0.29) is 22.7 Å². The molecule has 0 bridgehead atoms. The Kier molecular flexibility index (Phi) is 5.76. The number of nitrogens with zero attached hydrogens (tertiary/aromatic N) is 3. The molecule has 0 spiro atoms. The Balaban J connectivity index is 0.00000210. The third kappa shape index (κ3) is 4.11. The number of imidazole rings is 1. The van der Waals surface area contributed by atoms with Crippen molar-refractivity contribution in [2.75, 3.05) is 7.11 Å². The van der Waals surface area contributed by atoms with Gasteiger partial charge in [0.25, 0.3) is 0 Å². The van der Waals surface area contributed by atoms with Gasteiger partial charge in [-0.2, -0.15) is 0 Å². The minimum atomic E-state index is 0. The number of ether oxygens (including phenoxy) is 1. The number of aromatic nitrogens is 3. The standard InChI is InChI=1S/C21H19N3O2.BrH/c1-26-20-9-5-17(6-10-20)14-23-15-18(24-12-2-11-22-21(23)24)13-16-3-7-19(25)8-4-16;/h2-12,15H,13-14H2,1H3;1H. The minimum Gasteiger partial charge on any atom is -1.00 e. The van der Waals surface area contributed by atoms with Gasteiger partial charge in [-0.15, -0.1) is 0 Å². The highest BCUT2D eigenvalue weighted by Gasteiger charge is 2.17. The fraction of sp³-hybridized carbons (Fsp3) is 0.143. The van der Waals surface area contributed by atoms with Crippen molar-refractivity contribution in [3.05, 3.63) is 90.0 Å². The van der Waals surface area contributed by atoms with E-state index in [1.54, 1.807) is 19.2 Å². The molecule has 138 valence electrons. The third-order valence-corrected chi connectivity index (χ3v) is 4.43.